The Morgan fingerprint density at radius 2 is 0.886 bits per heavy atom. The number of anilines is 1. The summed E-state index contributed by atoms with van der Waals surface area (Å²) >= 11 is 0. The van der Waals surface area contributed by atoms with Gasteiger partial charge in [0.05, 0.1) is 22.8 Å². The van der Waals surface area contributed by atoms with E-state index in [9.17, 15) is 0 Å². The van der Waals surface area contributed by atoms with Crippen molar-refractivity contribution in [2.75, 3.05) is 4.90 Å². The van der Waals surface area contributed by atoms with Crippen molar-refractivity contribution in [2.45, 2.75) is 239 Å². The number of fused-ring (bicyclic) bond motifs is 8. The molecular formula is C63H89N5SiZn. The van der Waals surface area contributed by atoms with Crippen LogP contribution in [-0.4, -0.2) is 30.1 Å². The summed E-state index contributed by atoms with van der Waals surface area (Å²) in [7, 11) is -2.07. The van der Waals surface area contributed by atoms with Crippen LogP contribution in [-0.2, 0) is 19.5 Å². The minimum absolute atomic E-state index is 0. The maximum atomic E-state index is 5.89. The first-order chi connectivity index (χ1) is 32.9. The van der Waals surface area contributed by atoms with Crippen LogP contribution in [0.15, 0.2) is 24.3 Å². The fraction of sp³-hybridized carbons (Fsp3) is 0.651. The first kappa shape index (κ1) is 53.1. The number of rotatable bonds is 8. The molecule has 0 N–H and O–H groups in total. The van der Waals surface area contributed by atoms with Gasteiger partial charge in [0.15, 0.2) is 0 Å². The molecule has 8 bridgehead atoms. The van der Waals surface area contributed by atoms with Crippen LogP contribution in [0, 0.1) is 34.1 Å². The van der Waals surface area contributed by atoms with Gasteiger partial charge in [-0.25, -0.2) is 9.97 Å². The minimum Gasteiger partial charge on any atom is -0.656 e. The van der Waals surface area contributed by atoms with E-state index in [-0.39, 0.29) is 19.5 Å². The SMILES string of the molecule is CC(C)[Si](C#Cc1c2nc(c(C3CCCCC3)c3ccc([n-]3)c(N(C3CCC(C(C)(C)C)CC3)C3CCC(C(C)(C)C)CC3)c3nc(c(C4CCCCC4)c4ccc1[n-]4)C=C3)C=C2)(C(C)C)C(C)C.[Zn+2]. The standard InChI is InChI=1S/C63H89N5Si.Zn/c1-41(2)69(42(3)4,43(5)6)40-39-50-51-31-33-53(64-51)59(44-19-15-13-16-20-44)55-35-37-57(66-55)61(58-38-36-56(67-58)60(45-21-17-14-18-22-45)54-34-32-52(50)65-54)68(48-27-23-46(24-28-48)62(7,8)9)49-29-25-47(26-30-49)63(10,11)12;/h31-38,41-49H,13-30H2,1-12H3;/q-2;+2. The molecule has 0 saturated heterocycles. The Morgan fingerprint density at radius 3 is 1.33 bits per heavy atom. The van der Waals surface area contributed by atoms with Crippen LogP contribution in [0.2, 0.25) is 16.6 Å². The van der Waals surface area contributed by atoms with Gasteiger partial charge in [0.25, 0.3) is 0 Å². The van der Waals surface area contributed by atoms with Gasteiger partial charge in [0.2, 0.25) is 0 Å². The van der Waals surface area contributed by atoms with Crippen LogP contribution >= 0.6 is 0 Å². The molecule has 7 heteroatoms. The zero-order chi connectivity index (χ0) is 48.8. The van der Waals surface area contributed by atoms with E-state index < -0.39 is 8.07 Å². The fourth-order valence-electron chi connectivity index (χ4n) is 14.8. The quantitative estimate of drug-likeness (QED) is 0.115. The maximum absolute atomic E-state index is 5.89. The van der Waals surface area contributed by atoms with Gasteiger partial charge in [-0.3, -0.25) is 0 Å². The molecule has 3 aromatic heterocycles. The number of nitrogens with zero attached hydrogens (tertiary/aromatic N) is 5. The van der Waals surface area contributed by atoms with Crippen molar-refractivity contribution in [2.24, 2.45) is 22.7 Å². The molecule has 9 rings (SSSR count). The fourth-order valence-corrected chi connectivity index (χ4v) is 20.0. The van der Waals surface area contributed by atoms with Crippen LogP contribution in [0.25, 0.3) is 46.4 Å². The predicted molar refractivity (Wildman–Crippen MR) is 299 cm³/mol. The van der Waals surface area contributed by atoms with Crippen LogP contribution in [0.4, 0.5) is 5.69 Å². The summed E-state index contributed by atoms with van der Waals surface area (Å²) in [5.74, 6) is 6.27. The molecule has 4 fully saturated rings. The Hall–Kier alpha value is -3.20. The van der Waals surface area contributed by atoms with Crippen LogP contribution in [0.5, 0.6) is 0 Å². The van der Waals surface area contributed by atoms with Gasteiger partial charge in [-0.15, -0.1) is 27.6 Å². The second kappa shape index (κ2) is 21.7. The molecule has 70 heavy (non-hydrogen) atoms. The molecule has 0 aromatic carbocycles. The van der Waals surface area contributed by atoms with Crippen LogP contribution in [0.3, 0.4) is 0 Å². The van der Waals surface area contributed by atoms with E-state index in [2.05, 4.69) is 148 Å². The Morgan fingerprint density at radius 1 is 0.500 bits per heavy atom. The monoisotopic (exact) mass is 1010 g/mol. The summed E-state index contributed by atoms with van der Waals surface area (Å²) in [6.45, 7) is 29.3. The number of hydrogen-bond acceptors (Lipinski definition) is 3. The Labute approximate surface area is 438 Å². The summed E-state index contributed by atoms with van der Waals surface area (Å²) in [5, 5.41) is 0. The Kier molecular flexibility index (Phi) is 16.5. The third-order valence-electron chi connectivity index (χ3n) is 18.8. The summed E-state index contributed by atoms with van der Waals surface area (Å²) in [6.07, 6.45) is 31.7. The predicted octanol–water partition coefficient (Wildman–Crippen LogP) is 17.6. The average molecular weight is 1010 g/mol. The molecule has 0 spiro atoms. The number of hydrogen-bond donors (Lipinski definition) is 0. The van der Waals surface area contributed by atoms with Crippen molar-refractivity contribution < 1.29 is 19.5 Å². The molecule has 4 aliphatic carbocycles. The minimum atomic E-state index is -2.07. The second-order valence-corrected chi connectivity index (χ2v) is 31.5. The summed E-state index contributed by atoms with van der Waals surface area (Å²) in [5.41, 5.74) is 19.7. The van der Waals surface area contributed by atoms with Crippen LogP contribution in [0.1, 0.15) is 250 Å². The van der Waals surface area contributed by atoms with Crippen molar-refractivity contribution in [1.29, 1.82) is 0 Å². The molecule has 5 heterocycles. The van der Waals surface area contributed by atoms with Gasteiger partial charge < -0.3 is 14.9 Å². The zero-order valence-electron chi connectivity index (χ0n) is 46.0. The second-order valence-electron chi connectivity index (χ2n) is 25.9. The van der Waals surface area contributed by atoms with Gasteiger partial charge in [-0.1, -0.05) is 152 Å². The Balaban J connectivity index is 0.00000659. The molecule has 6 aliphatic rings. The van der Waals surface area contributed by atoms with Crippen molar-refractivity contribution in [3.8, 4) is 11.5 Å². The van der Waals surface area contributed by atoms with Gasteiger partial charge in [-0.05, 0) is 164 Å². The topological polar surface area (TPSA) is 57.2 Å². The van der Waals surface area contributed by atoms with E-state index in [1.54, 1.807) is 0 Å². The molecule has 0 radical (unpaired) electrons. The van der Waals surface area contributed by atoms with E-state index >= 15 is 0 Å². The van der Waals surface area contributed by atoms with E-state index in [1.807, 2.05) is 0 Å². The molecule has 0 atom stereocenters. The molecule has 0 unspecified atom stereocenters. The van der Waals surface area contributed by atoms with E-state index in [0.717, 1.165) is 62.2 Å². The molecule has 0 amide bonds. The molecule has 5 nitrogen and oxygen atoms in total. The Bertz CT molecular complexity index is 2520. The molecule has 2 aliphatic heterocycles. The van der Waals surface area contributed by atoms with Gasteiger partial charge >= 0.3 is 19.5 Å². The average Bonchev–Trinajstić information content (AvgIpc) is 4.17. The largest absolute Gasteiger partial charge is 2.00 e. The van der Waals surface area contributed by atoms with Crippen LogP contribution < -0.4 is 14.9 Å². The third kappa shape index (κ3) is 10.7. The summed E-state index contributed by atoms with van der Waals surface area (Å²) in [4.78, 5) is 26.1. The van der Waals surface area contributed by atoms with Gasteiger partial charge in [0.1, 0.15) is 8.07 Å². The van der Waals surface area contributed by atoms with Gasteiger partial charge in [-0.2, -0.15) is 0 Å². The molecule has 372 valence electrons. The van der Waals surface area contributed by atoms with Crippen molar-refractivity contribution in [1.82, 2.24) is 19.9 Å². The first-order valence-electron chi connectivity index (χ1n) is 28.3. The van der Waals surface area contributed by atoms with Crippen molar-refractivity contribution in [3.63, 3.8) is 0 Å². The van der Waals surface area contributed by atoms with E-state index in [0.29, 0.717) is 51.4 Å². The van der Waals surface area contributed by atoms with Gasteiger partial charge in [0, 0.05) is 23.3 Å². The van der Waals surface area contributed by atoms with E-state index in [1.165, 1.54) is 132 Å². The summed E-state index contributed by atoms with van der Waals surface area (Å²) < 4.78 is 0. The van der Waals surface area contributed by atoms with Crippen molar-refractivity contribution in [3.05, 3.63) is 63.7 Å². The maximum Gasteiger partial charge on any atom is 2.00 e. The molecule has 4 saturated carbocycles. The normalized spacial score (nSPS) is 22.9. The molecular weight excluding hydrogens is 920 g/mol. The number of aromatic nitrogens is 4. The smallest absolute Gasteiger partial charge is 0.656 e. The van der Waals surface area contributed by atoms with Crippen molar-refractivity contribution >= 4 is 60.1 Å². The van der Waals surface area contributed by atoms with E-state index in [4.69, 9.17) is 19.9 Å². The third-order valence-corrected chi connectivity index (χ3v) is 25.1. The molecule has 3 aromatic rings. The first-order valence-corrected chi connectivity index (χ1v) is 30.5. The summed E-state index contributed by atoms with van der Waals surface area (Å²) in [6, 6.07) is 10.2. The zero-order valence-corrected chi connectivity index (χ0v) is 50.0.